The first-order valence-electron chi connectivity index (χ1n) is 3.47. The van der Waals surface area contributed by atoms with E-state index < -0.39 is 0 Å². The molecule has 0 bridgehead atoms. The van der Waals surface area contributed by atoms with E-state index in [1.54, 1.807) is 24.5 Å². The maximum absolute atomic E-state index is 8.26. The number of halogens is 1. The Bertz CT molecular complexity index is 326. The second-order valence-electron chi connectivity index (χ2n) is 2.20. The zero-order chi connectivity index (χ0) is 8.81. The third kappa shape index (κ3) is 2.73. The van der Waals surface area contributed by atoms with E-state index in [0.29, 0.717) is 11.4 Å². The van der Waals surface area contributed by atoms with Crippen LogP contribution in [0.15, 0.2) is 24.5 Å². The largest absolute Gasteiger partial charge is 0.263 e. The average molecular weight is 179 g/mol. The smallest absolute Gasteiger partial charge is 0.0663 e. The lowest BCUT2D eigenvalue weighted by Crippen LogP contribution is -1.75. The number of hydrogen-bond acceptors (Lipinski definition) is 2. The van der Waals surface area contributed by atoms with E-state index >= 15 is 0 Å². The van der Waals surface area contributed by atoms with Crippen molar-refractivity contribution in [2.24, 2.45) is 0 Å². The van der Waals surface area contributed by atoms with Gasteiger partial charge in [0, 0.05) is 12.4 Å². The van der Waals surface area contributed by atoms with Crippen LogP contribution in [0, 0.1) is 11.3 Å². The number of rotatable bonds is 2. The Morgan fingerprint density at radius 3 is 3.08 bits per heavy atom. The van der Waals surface area contributed by atoms with E-state index in [0.717, 1.165) is 5.56 Å². The van der Waals surface area contributed by atoms with Crippen LogP contribution in [0.25, 0.3) is 6.08 Å². The Hall–Kier alpha value is -1.33. The van der Waals surface area contributed by atoms with Gasteiger partial charge in [-0.2, -0.15) is 5.26 Å². The van der Waals surface area contributed by atoms with Gasteiger partial charge in [-0.25, -0.2) is 0 Å². The molecular formula is C9H7ClN2. The molecule has 0 saturated carbocycles. The molecule has 3 heteroatoms. The van der Waals surface area contributed by atoms with Crippen LogP contribution in [0.2, 0.25) is 5.02 Å². The standard InChI is InChI=1S/C9H7ClN2/c10-9-5-8(6-12-7-9)3-1-2-4-11/h1,3,5-7H,2H2. The van der Waals surface area contributed by atoms with Crippen LogP contribution in [0.5, 0.6) is 0 Å². The van der Waals surface area contributed by atoms with E-state index in [4.69, 9.17) is 16.9 Å². The topological polar surface area (TPSA) is 36.7 Å². The van der Waals surface area contributed by atoms with Crippen molar-refractivity contribution in [1.29, 1.82) is 5.26 Å². The van der Waals surface area contributed by atoms with Crippen molar-refractivity contribution in [3.05, 3.63) is 35.1 Å². The van der Waals surface area contributed by atoms with Crippen LogP contribution in [-0.2, 0) is 0 Å². The first-order valence-corrected chi connectivity index (χ1v) is 3.85. The number of nitriles is 1. The molecule has 1 aromatic rings. The van der Waals surface area contributed by atoms with E-state index in [9.17, 15) is 0 Å². The lowest BCUT2D eigenvalue weighted by Gasteiger charge is -1.91. The molecule has 0 saturated heterocycles. The molecule has 0 N–H and O–H groups in total. The van der Waals surface area contributed by atoms with Crippen LogP contribution < -0.4 is 0 Å². The SMILES string of the molecule is N#CCC=Cc1cncc(Cl)c1. The van der Waals surface area contributed by atoms with Crippen molar-refractivity contribution in [1.82, 2.24) is 4.98 Å². The Kier molecular flexibility index (Phi) is 3.31. The minimum absolute atomic E-state index is 0.409. The molecule has 1 rings (SSSR count). The van der Waals surface area contributed by atoms with Gasteiger partial charge in [0.15, 0.2) is 0 Å². The Morgan fingerprint density at radius 1 is 1.58 bits per heavy atom. The molecule has 2 nitrogen and oxygen atoms in total. The van der Waals surface area contributed by atoms with Crippen molar-refractivity contribution in [3.63, 3.8) is 0 Å². The summed E-state index contributed by atoms with van der Waals surface area (Å²) >= 11 is 5.70. The highest BCUT2D eigenvalue weighted by atomic mass is 35.5. The van der Waals surface area contributed by atoms with Gasteiger partial charge in [0.25, 0.3) is 0 Å². The van der Waals surface area contributed by atoms with Gasteiger partial charge < -0.3 is 0 Å². The quantitative estimate of drug-likeness (QED) is 0.698. The van der Waals surface area contributed by atoms with E-state index in [-0.39, 0.29) is 0 Å². The van der Waals surface area contributed by atoms with Gasteiger partial charge in [0.05, 0.1) is 17.5 Å². The molecule has 0 aromatic carbocycles. The summed E-state index contributed by atoms with van der Waals surface area (Å²) in [6.07, 6.45) is 7.27. The van der Waals surface area contributed by atoms with Crippen LogP contribution in [0.1, 0.15) is 12.0 Å². The normalized spacial score (nSPS) is 10.0. The van der Waals surface area contributed by atoms with E-state index in [1.165, 1.54) is 0 Å². The Morgan fingerprint density at radius 2 is 2.42 bits per heavy atom. The second-order valence-corrected chi connectivity index (χ2v) is 2.64. The molecule has 1 heterocycles. The molecule has 0 aliphatic carbocycles. The molecular weight excluding hydrogens is 172 g/mol. The number of allylic oxidation sites excluding steroid dienone is 1. The third-order valence-electron chi connectivity index (χ3n) is 1.25. The first kappa shape index (κ1) is 8.76. The van der Waals surface area contributed by atoms with Crippen molar-refractivity contribution < 1.29 is 0 Å². The molecule has 0 fully saturated rings. The van der Waals surface area contributed by atoms with Gasteiger partial charge in [-0.3, -0.25) is 4.98 Å². The summed E-state index contributed by atoms with van der Waals surface area (Å²) in [6, 6.07) is 3.81. The lowest BCUT2D eigenvalue weighted by atomic mass is 10.2. The summed E-state index contributed by atoms with van der Waals surface area (Å²) in [5.41, 5.74) is 0.915. The summed E-state index contributed by atoms with van der Waals surface area (Å²) in [4.78, 5) is 3.90. The van der Waals surface area contributed by atoms with Gasteiger partial charge >= 0.3 is 0 Å². The summed E-state index contributed by atoms with van der Waals surface area (Å²) < 4.78 is 0. The van der Waals surface area contributed by atoms with Gasteiger partial charge in [0.2, 0.25) is 0 Å². The monoisotopic (exact) mass is 178 g/mol. The van der Waals surface area contributed by atoms with Gasteiger partial charge in [-0.15, -0.1) is 0 Å². The van der Waals surface area contributed by atoms with Crippen molar-refractivity contribution in [2.75, 3.05) is 0 Å². The predicted octanol–water partition coefficient (Wildman–Crippen LogP) is 2.66. The van der Waals surface area contributed by atoms with Crippen LogP contribution in [0.4, 0.5) is 0 Å². The maximum atomic E-state index is 8.26. The van der Waals surface area contributed by atoms with Gasteiger partial charge in [0.1, 0.15) is 0 Å². The zero-order valence-electron chi connectivity index (χ0n) is 6.37. The summed E-state index contributed by atoms with van der Waals surface area (Å²) in [7, 11) is 0. The van der Waals surface area contributed by atoms with Crippen LogP contribution in [-0.4, -0.2) is 4.98 Å². The summed E-state index contributed by atoms with van der Waals surface area (Å²) in [5.74, 6) is 0. The minimum atomic E-state index is 0.409. The number of aromatic nitrogens is 1. The molecule has 0 radical (unpaired) electrons. The summed E-state index contributed by atoms with van der Waals surface area (Å²) in [6.45, 7) is 0. The fourth-order valence-electron chi connectivity index (χ4n) is 0.767. The van der Waals surface area contributed by atoms with Gasteiger partial charge in [-0.1, -0.05) is 23.8 Å². The van der Waals surface area contributed by atoms with E-state index in [2.05, 4.69) is 4.98 Å². The molecule has 12 heavy (non-hydrogen) atoms. The van der Waals surface area contributed by atoms with Crippen molar-refractivity contribution >= 4 is 17.7 Å². The predicted molar refractivity (Wildman–Crippen MR) is 48.5 cm³/mol. The van der Waals surface area contributed by atoms with Crippen molar-refractivity contribution in [3.8, 4) is 6.07 Å². The molecule has 0 amide bonds. The second kappa shape index (κ2) is 4.53. The summed E-state index contributed by atoms with van der Waals surface area (Å²) in [5, 5.41) is 8.86. The molecule has 0 spiro atoms. The third-order valence-corrected chi connectivity index (χ3v) is 1.45. The van der Waals surface area contributed by atoms with Crippen molar-refractivity contribution in [2.45, 2.75) is 6.42 Å². The highest BCUT2D eigenvalue weighted by molar-refractivity contribution is 6.30. The Balaban J connectivity index is 2.71. The molecule has 0 atom stereocenters. The minimum Gasteiger partial charge on any atom is -0.263 e. The lowest BCUT2D eigenvalue weighted by molar-refractivity contribution is 1.31. The van der Waals surface area contributed by atoms with E-state index in [1.807, 2.05) is 12.1 Å². The number of nitrogens with zero attached hydrogens (tertiary/aromatic N) is 2. The maximum Gasteiger partial charge on any atom is 0.0663 e. The van der Waals surface area contributed by atoms with Crippen LogP contribution in [0.3, 0.4) is 0 Å². The highest BCUT2D eigenvalue weighted by Gasteiger charge is 1.88. The average Bonchev–Trinajstić information content (AvgIpc) is 2.05. The number of pyridine rings is 1. The molecule has 0 aliphatic heterocycles. The Labute approximate surface area is 76.1 Å². The van der Waals surface area contributed by atoms with Gasteiger partial charge in [-0.05, 0) is 11.6 Å². The fraction of sp³-hybridized carbons (Fsp3) is 0.111. The number of hydrogen-bond donors (Lipinski definition) is 0. The van der Waals surface area contributed by atoms with Crippen LogP contribution >= 0.6 is 11.6 Å². The molecule has 0 unspecified atom stereocenters. The molecule has 1 aromatic heterocycles. The fourth-order valence-corrected chi connectivity index (χ4v) is 0.949. The zero-order valence-corrected chi connectivity index (χ0v) is 7.12. The molecule has 60 valence electrons. The molecule has 0 aliphatic rings. The first-order chi connectivity index (χ1) is 5.83. The highest BCUT2D eigenvalue weighted by Crippen LogP contribution is 2.09.